The van der Waals surface area contributed by atoms with Crippen LogP contribution in [0.4, 0.5) is 18.9 Å². The number of nitrogens with one attached hydrogen (secondary N) is 2. The van der Waals surface area contributed by atoms with Gasteiger partial charge in [-0.1, -0.05) is 0 Å². The fourth-order valence-electron chi connectivity index (χ4n) is 3.34. The lowest BCUT2D eigenvalue weighted by Crippen LogP contribution is -2.49. The first-order valence-corrected chi connectivity index (χ1v) is 11.4. The van der Waals surface area contributed by atoms with Gasteiger partial charge in [0.15, 0.2) is 11.8 Å². The Labute approximate surface area is 192 Å². The number of aromatic nitrogens is 1. The average Bonchev–Trinajstić information content (AvgIpc) is 3.31. The number of aliphatic imine (C=N–C) groups is 1. The van der Waals surface area contributed by atoms with Crippen LogP contribution in [-0.4, -0.2) is 72.7 Å². The van der Waals surface area contributed by atoms with Gasteiger partial charge in [-0.25, -0.2) is 4.99 Å². The van der Waals surface area contributed by atoms with Crippen molar-refractivity contribution in [3.8, 4) is 0 Å². The molecule has 184 valence electrons. The Morgan fingerprint density at radius 1 is 1.18 bits per heavy atom. The summed E-state index contributed by atoms with van der Waals surface area (Å²) in [6, 6.07) is 6.24. The number of rotatable bonds is 5. The highest BCUT2D eigenvalue weighted by molar-refractivity contribution is 7.85. The second-order valence-electron chi connectivity index (χ2n) is 7.30. The summed E-state index contributed by atoms with van der Waals surface area (Å²) in [5, 5.41) is 1.96. The summed E-state index contributed by atoms with van der Waals surface area (Å²) >= 11 is 0. The van der Waals surface area contributed by atoms with Gasteiger partial charge >= 0.3 is 6.18 Å². The lowest BCUT2D eigenvalue weighted by molar-refractivity contribution is -0.137. The van der Waals surface area contributed by atoms with E-state index < -0.39 is 39.6 Å². The zero-order valence-electron chi connectivity index (χ0n) is 17.5. The van der Waals surface area contributed by atoms with Crippen molar-refractivity contribution in [2.45, 2.75) is 6.18 Å². The van der Waals surface area contributed by atoms with Crippen LogP contribution in [0.15, 0.2) is 41.5 Å². The van der Waals surface area contributed by atoms with E-state index in [1.807, 2.05) is 5.32 Å². The Kier molecular flexibility index (Phi) is 7.16. The van der Waals surface area contributed by atoms with E-state index in [0.29, 0.717) is 11.8 Å². The highest BCUT2D eigenvalue weighted by Crippen LogP contribution is 2.37. The molecule has 3 rings (SSSR count). The molecule has 0 saturated carbocycles. The number of amides is 2. The molecule has 2 aromatic rings. The number of halogens is 3. The second kappa shape index (κ2) is 9.72. The maximum absolute atomic E-state index is 13.8. The highest BCUT2D eigenvalue weighted by Gasteiger charge is 2.36. The van der Waals surface area contributed by atoms with Crippen LogP contribution in [0.5, 0.6) is 0 Å². The van der Waals surface area contributed by atoms with Crippen LogP contribution in [0, 0.1) is 0 Å². The summed E-state index contributed by atoms with van der Waals surface area (Å²) < 4.78 is 71.3. The first-order chi connectivity index (χ1) is 15.8. The Morgan fingerprint density at radius 2 is 1.85 bits per heavy atom. The van der Waals surface area contributed by atoms with Crippen LogP contribution in [0.3, 0.4) is 0 Å². The van der Waals surface area contributed by atoms with Gasteiger partial charge in [-0.15, -0.1) is 0 Å². The van der Waals surface area contributed by atoms with Crippen LogP contribution < -0.4 is 16.0 Å². The van der Waals surface area contributed by atoms with Crippen molar-refractivity contribution < 1.29 is 35.7 Å². The van der Waals surface area contributed by atoms with Crippen molar-refractivity contribution in [2.24, 2.45) is 10.7 Å². The van der Waals surface area contributed by atoms with Crippen LogP contribution in [0.25, 0.3) is 0 Å². The average molecular weight is 502 g/mol. The topological polar surface area (TPSA) is 161 Å². The summed E-state index contributed by atoms with van der Waals surface area (Å²) in [4.78, 5) is 33.7. The van der Waals surface area contributed by atoms with Crippen molar-refractivity contribution in [2.75, 3.05) is 37.0 Å². The fourth-order valence-corrected chi connectivity index (χ4v) is 3.65. The first-order valence-electron chi connectivity index (χ1n) is 9.80. The molecule has 0 aliphatic carbocycles. The molecule has 1 aliphatic heterocycles. The van der Waals surface area contributed by atoms with Crippen LogP contribution in [0.1, 0.15) is 26.4 Å². The number of anilines is 1. The number of H-pyrrole nitrogens is 1. The third kappa shape index (κ3) is 6.26. The Balaban J connectivity index is 1.75. The van der Waals surface area contributed by atoms with E-state index in [0.717, 1.165) is 12.1 Å². The van der Waals surface area contributed by atoms with Crippen molar-refractivity contribution in [3.05, 3.63) is 53.3 Å². The van der Waals surface area contributed by atoms with E-state index in [1.54, 1.807) is 18.3 Å². The molecule has 1 aromatic carbocycles. The van der Waals surface area contributed by atoms with E-state index >= 15 is 0 Å². The minimum absolute atomic E-state index is 0.149. The highest BCUT2D eigenvalue weighted by atomic mass is 32.2. The van der Waals surface area contributed by atoms with E-state index in [2.05, 4.69) is 9.98 Å². The standard InChI is InChI=1S/C19H21F3N6O5S/c20-19(21,22)13-10-12(16(29)26-18(23)25-11-34(31,32)33)3-4-15(13)27-6-8-28(9-7-27)17(30)14-2-1-5-24-14/h1-5,10,24H,6-9,11H2,(H,31,32,33)(H3,23,25,26,29). The largest absolute Gasteiger partial charge is 0.418 e. The monoisotopic (exact) mass is 502 g/mol. The molecule has 11 nitrogen and oxygen atoms in total. The number of guanidine groups is 1. The number of aromatic amines is 1. The van der Waals surface area contributed by atoms with Crippen molar-refractivity contribution in [3.63, 3.8) is 0 Å². The lowest BCUT2D eigenvalue weighted by Gasteiger charge is -2.37. The molecule has 1 fully saturated rings. The quantitative estimate of drug-likeness (QED) is 0.268. The number of alkyl halides is 3. The van der Waals surface area contributed by atoms with E-state index in [4.69, 9.17) is 10.3 Å². The third-order valence-corrected chi connectivity index (χ3v) is 5.40. The van der Waals surface area contributed by atoms with Gasteiger partial charge in [0.05, 0.1) is 5.56 Å². The number of nitrogens with zero attached hydrogens (tertiary/aromatic N) is 3. The summed E-state index contributed by atoms with van der Waals surface area (Å²) in [6.07, 6.45) is -3.18. The van der Waals surface area contributed by atoms with Gasteiger partial charge in [-0.05, 0) is 30.3 Å². The first kappa shape index (κ1) is 25.0. The number of carbonyl (C=O) groups excluding carboxylic acids is 2. The zero-order valence-corrected chi connectivity index (χ0v) is 18.4. The fraction of sp³-hybridized carbons (Fsp3) is 0.316. The Morgan fingerprint density at radius 3 is 2.41 bits per heavy atom. The molecule has 1 aliphatic rings. The third-order valence-electron chi connectivity index (χ3n) is 4.94. The van der Waals surface area contributed by atoms with Gasteiger partial charge in [-0.2, -0.15) is 21.6 Å². The summed E-state index contributed by atoms with van der Waals surface area (Å²) in [6.45, 7) is 0.711. The SMILES string of the molecule is NC(=NCS(=O)(=O)O)NC(=O)c1ccc(N2CCN(C(=O)c3ccc[nH]3)CC2)c(C(F)(F)F)c1. The number of carbonyl (C=O) groups is 2. The van der Waals surface area contributed by atoms with Crippen molar-refractivity contribution in [1.29, 1.82) is 0 Å². The number of benzene rings is 1. The molecule has 34 heavy (non-hydrogen) atoms. The normalized spacial score (nSPS) is 15.4. The number of piperazine rings is 1. The molecular formula is C19H21F3N6O5S. The van der Waals surface area contributed by atoms with Crippen LogP contribution in [0.2, 0.25) is 0 Å². The molecule has 5 N–H and O–H groups in total. The van der Waals surface area contributed by atoms with Gasteiger partial charge in [0.2, 0.25) is 0 Å². The molecule has 0 radical (unpaired) electrons. The molecule has 2 heterocycles. The van der Waals surface area contributed by atoms with Gasteiger partial charge < -0.3 is 20.5 Å². The smallest absolute Gasteiger partial charge is 0.370 e. The minimum atomic E-state index is -4.78. The van der Waals surface area contributed by atoms with Crippen LogP contribution >= 0.6 is 0 Å². The molecule has 0 unspecified atom stereocenters. The van der Waals surface area contributed by atoms with Gasteiger partial charge in [0.25, 0.3) is 21.9 Å². The summed E-state index contributed by atoms with van der Waals surface area (Å²) in [5.74, 6) is -3.11. The predicted molar refractivity (Wildman–Crippen MR) is 116 cm³/mol. The molecule has 0 spiro atoms. The van der Waals surface area contributed by atoms with Crippen LogP contribution in [-0.2, 0) is 16.3 Å². The van der Waals surface area contributed by atoms with Crippen molar-refractivity contribution in [1.82, 2.24) is 15.2 Å². The summed E-state index contributed by atoms with van der Waals surface area (Å²) in [7, 11) is -4.49. The molecular weight excluding hydrogens is 481 g/mol. The Bertz CT molecular complexity index is 1190. The molecule has 1 saturated heterocycles. The minimum Gasteiger partial charge on any atom is -0.370 e. The maximum Gasteiger partial charge on any atom is 0.418 e. The molecule has 0 atom stereocenters. The van der Waals surface area contributed by atoms with E-state index in [-0.39, 0.29) is 43.3 Å². The maximum atomic E-state index is 13.8. The second-order valence-corrected chi connectivity index (χ2v) is 8.72. The van der Waals surface area contributed by atoms with E-state index in [1.165, 1.54) is 9.80 Å². The predicted octanol–water partition coefficient (Wildman–Crippen LogP) is 0.886. The Hall–Kier alpha value is -3.59. The van der Waals surface area contributed by atoms with E-state index in [9.17, 15) is 31.2 Å². The van der Waals surface area contributed by atoms with Crippen molar-refractivity contribution >= 4 is 33.6 Å². The zero-order chi connectivity index (χ0) is 25.1. The van der Waals surface area contributed by atoms with Gasteiger partial charge in [0.1, 0.15) is 5.69 Å². The van der Waals surface area contributed by atoms with Gasteiger partial charge in [-0.3, -0.25) is 19.5 Å². The number of hydrogen-bond acceptors (Lipinski definition) is 6. The van der Waals surface area contributed by atoms with Gasteiger partial charge in [0, 0.05) is 43.6 Å². The summed E-state index contributed by atoms with van der Waals surface area (Å²) in [5.41, 5.74) is 4.13. The molecule has 1 aromatic heterocycles. The molecule has 2 amide bonds. The molecule has 0 bridgehead atoms. The lowest BCUT2D eigenvalue weighted by atomic mass is 10.1. The number of nitrogens with two attached hydrogens (primary N) is 1. The molecule has 15 heteroatoms. The number of hydrogen-bond donors (Lipinski definition) is 4.